The first-order chi connectivity index (χ1) is 8.33. The standard InChI is InChI=1S/C11H19NO5S/c1-3-17-11(14)9-4-6-12(7-5-9)10(13)8-18(2,15)16/h9H,3-8H2,1-2H3. The van der Waals surface area contributed by atoms with E-state index in [-0.39, 0.29) is 17.8 Å². The summed E-state index contributed by atoms with van der Waals surface area (Å²) in [5.41, 5.74) is 0. The second kappa shape index (κ2) is 6.17. The van der Waals surface area contributed by atoms with Crippen molar-refractivity contribution in [3.8, 4) is 0 Å². The number of rotatable bonds is 4. The van der Waals surface area contributed by atoms with Crippen LogP contribution in [0, 0.1) is 5.92 Å². The molecule has 1 rings (SSSR count). The smallest absolute Gasteiger partial charge is 0.309 e. The lowest BCUT2D eigenvalue weighted by molar-refractivity contribution is -0.151. The molecular weight excluding hydrogens is 258 g/mol. The van der Waals surface area contributed by atoms with E-state index in [1.807, 2.05) is 0 Å². The zero-order valence-corrected chi connectivity index (χ0v) is 11.5. The molecule has 0 radical (unpaired) electrons. The van der Waals surface area contributed by atoms with E-state index in [9.17, 15) is 18.0 Å². The highest BCUT2D eigenvalue weighted by Crippen LogP contribution is 2.18. The van der Waals surface area contributed by atoms with Crippen LogP contribution in [0.3, 0.4) is 0 Å². The van der Waals surface area contributed by atoms with Gasteiger partial charge in [0, 0.05) is 19.3 Å². The van der Waals surface area contributed by atoms with Crippen LogP contribution in [0.2, 0.25) is 0 Å². The van der Waals surface area contributed by atoms with Crippen molar-refractivity contribution >= 4 is 21.7 Å². The molecule has 0 bridgehead atoms. The van der Waals surface area contributed by atoms with E-state index in [2.05, 4.69) is 0 Å². The number of likely N-dealkylation sites (tertiary alicyclic amines) is 1. The highest BCUT2D eigenvalue weighted by atomic mass is 32.2. The molecule has 104 valence electrons. The fraction of sp³-hybridized carbons (Fsp3) is 0.818. The van der Waals surface area contributed by atoms with Gasteiger partial charge in [-0.25, -0.2) is 8.42 Å². The van der Waals surface area contributed by atoms with Crippen molar-refractivity contribution < 1.29 is 22.7 Å². The molecule has 1 aliphatic rings. The molecule has 6 nitrogen and oxygen atoms in total. The van der Waals surface area contributed by atoms with E-state index >= 15 is 0 Å². The largest absolute Gasteiger partial charge is 0.466 e. The molecule has 1 saturated heterocycles. The van der Waals surface area contributed by atoms with E-state index in [1.165, 1.54) is 4.90 Å². The highest BCUT2D eigenvalue weighted by Gasteiger charge is 2.29. The average Bonchev–Trinajstić information content (AvgIpc) is 2.27. The van der Waals surface area contributed by atoms with Crippen molar-refractivity contribution in [2.45, 2.75) is 19.8 Å². The number of hydrogen-bond acceptors (Lipinski definition) is 5. The summed E-state index contributed by atoms with van der Waals surface area (Å²) in [6.07, 6.45) is 2.11. The number of ether oxygens (including phenoxy) is 1. The van der Waals surface area contributed by atoms with Gasteiger partial charge in [0.05, 0.1) is 12.5 Å². The van der Waals surface area contributed by atoms with Crippen LogP contribution in [-0.2, 0) is 24.2 Å². The van der Waals surface area contributed by atoms with Gasteiger partial charge in [0.15, 0.2) is 9.84 Å². The van der Waals surface area contributed by atoms with Crippen LogP contribution in [0.15, 0.2) is 0 Å². The minimum Gasteiger partial charge on any atom is -0.466 e. The number of amides is 1. The van der Waals surface area contributed by atoms with Crippen molar-refractivity contribution in [1.29, 1.82) is 0 Å². The Labute approximate surface area is 107 Å². The lowest BCUT2D eigenvalue weighted by atomic mass is 9.97. The first-order valence-corrected chi connectivity index (χ1v) is 8.01. The number of esters is 1. The third-order valence-electron chi connectivity index (χ3n) is 2.85. The van der Waals surface area contributed by atoms with Gasteiger partial charge in [-0.2, -0.15) is 0 Å². The zero-order valence-electron chi connectivity index (χ0n) is 10.7. The third kappa shape index (κ3) is 4.64. The SMILES string of the molecule is CCOC(=O)C1CCN(C(=O)CS(C)(=O)=O)CC1. The second-order valence-corrected chi connectivity index (χ2v) is 6.62. The Bertz CT molecular complexity index is 409. The molecule has 0 spiro atoms. The van der Waals surface area contributed by atoms with Gasteiger partial charge >= 0.3 is 5.97 Å². The van der Waals surface area contributed by atoms with E-state index in [4.69, 9.17) is 4.74 Å². The van der Waals surface area contributed by atoms with Crippen LogP contribution in [0.25, 0.3) is 0 Å². The Morgan fingerprint density at radius 1 is 1.28 bits per heavy atom. The summed E-state index contributed by atoms with van der Waals surface area (Å²) < 4.78 is 27.0. The Kier molecular flexibility index (Phi) is 5.13. The number of carbonyl (C=O) groups is 2. The molecule has 0 atom stereocenters. The summed E-state index contributed by atoms with van der Waals surface area (Å²) in [6, 6.07) is 0. The Hall–Kier alpha value is -1.11. The molecule has 0 saturated carbocycles. The molecule has 0 unspecified atom stereocenters. The van der Waals surface area contributed by atoms with Gasteiger partial charge in [0.2, 0.25) is 5.91 Å². The van der Waals surface area contributed by atoms with Gasteiger partial charge in [-0.15, -0.1) is 0 Å². The molecule has 1 amide bonds. The summed E-state index contributed by atoms with van der Waals surface area (Å²) >= 11 is 0. The number of nitrogens with zero attached hydrogens (tertiary/aromatic N) is 1. The monoisotopic (exact) mass is 277 g/mol. The maximum Gasteiger partial charge on any atom is 0.309 e. The van der Waals surface area contributed by atoms with E-state index in [0.717, 1.165) is 6.26 Å². The van der Waals surface area contributed by atoms with Crippen molar-refractivity contribution in [2.75, 3.05) is 31.7 Å². The Balaban J connectivity index is 2.44. The summed E-state index contributed by atoms with van der Waals surface area (Å²) in [7, 11) is -3.29. The van der Waals surface area contributed by atoms with Crippen LogP contribution in [0.1, 0.15) is 19.8 Å². The van der Waals surface area contributed by atoms with Gasteiger partial charge in [0.1, 0.15) is 5.75 Å². The predicted octanol–water partition coefficient (Wildman–Crippen LogP) is -0.167. The predicted molar refractivity (Wildman–Crippen MR) is 65.6 cm³/mol. The third-order valence-corrected chi connectivity index (χ3v) is 3.62. The molecule has 0 aromatic carbocycles. The van der Waals surface area contributed by atoms with Crippen LogP contribution in [0.4, 0.5) is 0 Å². The summed E-state index contributed by atoms with van der Waals surface area (Å²) in [6.45, 7) is 2.93. The minimum atomic E-state index is -3.29. The zero-order chi connectivity index (χ0) is 13.8. The van der Waals surface area contributed by atoms with Crippen molar-refractivity contribution in [1.82, 2.24) is 4.90 Å². The second-order valence-electron chi connectivity index (χ2n) is 4.48. The van der Waals surface area contributed by atoms with Gasteiger partial charge in [-0.1, -0.05) is 0 Å². The van der Waals surface area contributed by atoms with Crippen LogP contribution < -0.4 is 0 Å². The number of carbonyl (C=O) groups excluding carboxylic acids is 2. The van der Waals surface area contributed by atoms with Gasteiger partial charge in [0.25, 0.3) is 0 Å². The van der Waals surface area contributed by atoms with Crippen molar-refractivity contribution in [3.05, 3.63) is 0 Å². The summed E-state index contributed by atoms with van der Waals surface area (Å²) in [4.78, 5) is 24.6. The van der Waals surface area contributed by atoms with Crippen LogP contribution in [0.5, 0.6) is 0 Å². The average molecular weight is 277 g/mol. The van der Waals surface area contributed by atoms with Gasteiger partial charge < -0.3 is 9.64 Å². The molecule has 0 aliphatic carbocycles. The number of piperidine rings is 1. The maximum atomic E-state index is 11.6. The Morgan fingerprint density at radius 2 is 1.83 bits per heavy atom. The molecule has 7 heteroatoms. The number of hydrogen-bond donors (Lipinski definition) is 0. The topological polar surface area (TPSA) is 80.8 Å². The summed E-state index contributed by atoms with van der Waals surface area (Å²) in [5, 5.41) is 0. The molecule has 1 aliphatic heterocycles. The fourth-order valence-corrected chi connectivity index (χ4v) is 2.57. The van der Waals surface area contributed by atoms with Gasteiger partial charge in [-0.05, 0) is 19.8 Å². The number of sulfone groups is 1. The molecule has 1 fully saturated rings. The van der Waals surface area contributed by atoms with Gasteiger partial charge in [-0.3, -0.25) is 9.59 Å². The minimum absolute atomic E-state index is 0.174. The normalized spacial score (nSPS) is 17.6. The van der Waals surface area contributed by atoms with E-state index < -0.39 is 15.6 Å². The fourth-order valence-electron chi connectivity index (χ4n) is 1.94. The quantitative estimate of drug-likeness (QED) is 0.667. The molecule has 0 aromatic heterocycles. The maximum absolute atomic E-state index is 11.6. The molecule has 0 N–H and O–H groups in total. The van der Waals surface area contributed by atoms with E-state index in [0.29, 0.717) is 32.5 Å². The van der Waals surface area contributed by atoms with Crippen molar-refractivity contribution in [2.24, 2.45) is 5.92 Å². The molecule has 1 heterocycles. The van der Waals surface area contributed by atoms with Crippen molar-refractivity contribution in [3.63, 3.8) is 0 Å². The summed E-state index contributed by atoms with van der Waals surface area (Å²) in [5.74, 6) is -1.25. The van der Waals surface area contributed by atoms with Crippen LogP contribution >= 0.6 is 0 Å². The Morgan fingerprint density at radius 3 is 2.28 bits per heavy atom. The van der Waals surface area contributed by atoms with Crippen LogP contribution in [-0.4, -0.2) is 56.9 Å². The van der Waals surface area contributed by atoms with E-state index in [1.54, 1.807) is 6.92 Å². The first-order valence-electron chi connectivity index (χ1n) is 5.95. The molecule has 0 aromatic rings. The highest BCUT2D eigenvalue weighted by molar-refractivity contribution is 7.91. The molecular formula is C11H19NO5S. The lowest BCUT2D eigenvalue weighted by Gasteiger charge is -2.30. The molecule has 18 heavy (non-hydrogen) atoms. The first kappa shape index (κ1) is 14.9. The lowest BCUT2D eigenvalue weighted by Crippen LogP contribution is -2.42.